The number of nitrogens with one attached hydrogen (secondary N) is 1. The van der Waals surface area contributed by atoms with Gasteiger partial charge in [-0.05, 0) is 49.2 Å². The van der Waals surface area contributed by atoms with Crippen LogP contribution in [-0.2, 0) is 23.9 Å². The minimum Gasteiger partial charge on any atom is -0.396 e. The van der Waals surface area contributed by atoms with Crippen LogP contribution in [0.2, 0.25) is 0 Å². The Labute approximate surface area is 191 Å². The maximum Gasteiger partial charge on any atom is 0.416 e. The molecule has 0 radical (unpaired) electrons. The molecular weight excluding hydrogens is 433 g/mol. The number of anilines is 1. The van der Waals surface area contributed by atoms with E-state index in [4.69, 9.17) is 14.8 Å². The van der Waals surface area contributed by atoms with Gasteiger partial charge in [0.1, 0.15) is 5.65 Å². The van der Waals surface area contributed by atoms with Crippen molar-refractivity contribution in [3.8, 4) is 0 Å². The minimum absolute atomic E-state index is 0.0946. The van der Waals surface area contributed by atoms with Crippen LogP contribution in [0.5, 0.6) is 0 Å². The largest absolute Gasteiger partial charge is 0.416 e. The van der Waals surface area contributed by atoms with Crippen molar-refractivity contribution in [2.45, 2.75) is 32.5 Å². The van der Waals surface area contributed by atoms with Crippen LogP contribution in [0.25, 0.3) is 5.65 Å². The molecule has 0 bridgehead atoms. The number of benzene rings is 1. The summed E-state index contributed by atoms with van der Waals surface area (Å²) >= 11 is 0. The zero-order chi connectivity index (χ0) is 23.4. The normalized spacial score (nSPS) is 14.9. The van der Waals surface area contributed by atoms with E-state index in [2.05, 4.69) is 10.2 Å². The molecule has 0 spiro atoms. The third kappa shape index (κ3) is 5.31. The Morgan fingerprint density at radius 1 is 1.15 bits per heavy atom. The fourth-order valence-corrected chi connectivity index (χ4v) is 4.24. The molecule has 2 N–H and O–H groups in total. The fourth-order valence-electron chi connectivity index (χ4n) is 4.24. The predicted octanol–water partition coefficient (Wildman–Crippen LogP) is 3.56. The molecule has 178 valence electrons. The summed E-state index contributed by atoms with van der Waals surface area (Å²) in [6.07, 6.45) is -1.42. The minimum atomic E-state index is -4.39. The van der Waals surface area contributed by atoms with E-state index in [-0.39, 0.29) is 12.2 Å². The molecule has 1 aliphatic rings. The van der Waals surface area contributed by atoms with Gasteiger partial charge < -0.3 is 24.5 Å². The van der Waals surface area contributed by atoms with Gasteiger partial charge in [-0.3, -0.25) is 0 Å². The second-order valence-corrected chi connectivity index (χ2v) is 8.24. The molecule has 4 rings (SSSR count). The van der Waals surface area contributed by atoms with E-state index in [1.54, 1.807) is 6.07 Å². The van der Waals surface area contributed by atoms with Gasteiger partial charge in [-0.25, -0.2) is 4.98 Å². The van der Waals surface area contributed by atoms with Crippen molar-refractivity contribution in [2.24, 2.45) is 0 Å². The zero-order valence-electron chi connectivity index (χ0n) is 18.7. The van der Waals surface area contributed by atoms with Gasteiger partial charge in [0.05, 0.1) is 35.9 Å². The van der Waals surface area contributed by atoms with Gasteiger partial charge in [-0.1, -0.05) is 12.1 Å². The number of fused-ring (bicyclic) bond motifs is 1. The Balaban J connectivity index is 1.73. The van der Waals surface area contributed by atoms with E-state index in [1.807, 2.05) is 22.7 Å². The second-order valence-electron chi connectivity index (χ2n) is 8.24. The first-order chi connectivity index (χ1) is 15.9. The molecule has 0 unspecified atom stereocenters. The first kappa shape index (κ1) is 23.5. The fraction of sp³-hybridized carbons (Fsp3) is 0.458. The summed E-state index contributed by atoms with van der Waals surface area (Å²) in [4.78, 5) is 7.00. The van der Waals surface area contributed by atoms with Crippen LogP contribution in [0.3, 0.4) is 0 Å². The number of nitrogens with zero attached hydrogens (tertiary/aromatic N) is 3. The third-order valence-corrected chi connectivity index (χ3v) is 6.07. The molecule has 9 heteroatoms. The molecule has 0 aliphatic carbocycles. The molecule has 0 atom stereocenters. The summed E-state index contributed by atoms with van der Waals surface area (Å²) in [6, 6.07) is 8.31. The van der Waals surface area contributed by atoms with Crippen molar-refractivity contribution >= 4 is 11.3 Å². The van der Waals surface area contributed by atoms with Crippen LogP contribution in [0.1, 0.15) is 34.5 Å². The molecule has 1 aliphatic heterocycles. The third-order valence-electron chi connectivity index (χ3n) is 6.07. The Hall–Kier alpha value is -2.62. The van der Waals surface area contributed by atoms with Crippen molar-refractivity contribution in [1.82, 2.24) is 14.7 Å². The first-order valence-electron chi connectivity index (χ1n) is 11.2. The smallest absolute Gasteiger partial charge is 0.396 e. The average molecular weight is 463 g/mol. The van der Waals surface area contributed by atoms with E-state index in [0.717, 1.165) is 41.9 Å². The SMILES string of the molecule is Cc1c(Cc2c(CNCCCO)nc3ccc(N4CCOCC4)cn23)cccc1C(F)(F)F. The monoisotopic (exact) mass is 462 g/mol. The van der Waals surface area contributed by atoms with E-state index in [9.17, 15) is 13.2 Å². The maximum absolute atomic E-state index is 13.5. The molecular formula is C24H29F3N4O2. The Morgan fingerprint density at radius 2 is 1.94 bits per heavy atom. The quantitative estimate of drug-likeness (QED) is 0.502. The Morgan fingerprint density at radius 3 is 2.67 bits per heavy atom. The number of aliphatic hydroxyl groups excluding tert-OH is 1. The van der Waals surface area contributed by atoms with Crippen LogP contribution in [-0.4, -0.2) is 53.9 Å². The van der Waals surface area contributed by atoms with Gasteiger partial charge in [-0.2, -0.15) is 13.2 Å². The van der Waals surface area contributed by atoms with E-state index in [0.29, 0.717) is 44.7 Å². The van der Waals surface area contributed by atoms with Crippen molar-refractivity contribution in [2.75, 3.05) is 44.4 Å². The van der Waals surface area contributed by atoms with Gasteiger partial charge in [0.15, 0.2) is 0 Å². The summed E-state index contributed by atoms with van der Waals surface area (Å²) in [5.74, 6) is 0. The van der Waals surface area contributed by atoms with Gasteiger partial charge in [0, 0.05) is 38.9 Å². The number of rotatable bonds is 8. The molecule has 3 aromatic rings. The number of aliphatic hydroxyl groups is 1. The molecule has 0 saturated carbocycles. The van der Waals surface area contributed by atoms with Crippen LogP contribution >= 0.6 is 0 Å². The number of hydrogen-bond acceptors (Lipinski definition) is 5. The number of hydrogen-bond donors (Lipinski definition) is 2. The Bertz CT molecular complexity index is 1090. The highest BCUT2D eigenvalue weighted by Gasteiger charge is 2.33. The Kier molecular flexibility index (Phi) is 7.21. The van der Waals surface area contributed by atoms with Crippen LogP contribution < -0.4 is 10.2 Å². The van der Waals surface area contributed by atoms with Crippen LogP contribution in [0, 0.1) is 6.92 Å². The lowest BCUT2D eigenvalue weighted by Gasteiger charge is -2.28. The summed E-state index contributed by atoms with van der Waals surface area (Å²) in [6.45, 7) is 5.64. The standard InChI is InChI=1S/C24H29F3N4O2/c1-17-18(4-2-5-20(17)24(25,26)27)14-22-21(15-28-8-3-11-32)29-23-7-6-19(16-31(22)23)30-9-12-33-13-10-30/h2,4-7,16,28,32H,3,8-15H2,1H3. The van der Waals surface area contributed by atoms with Crippen molar-refractivity contribution in [3.63, 3.8) is 0 Å². The highest BCUT2D eigenvalue weighted by molar-refractivity contribution is 5.55. The van der Waals surface area contributed by atoms with Crippen molar-refractivity contribution in [3.05, 3.63) is 64.6 Å². The van der Waals surface area contributed by atoms with E-state index >= 15 is 0 Å². The number of aromatic nitrogens is 2. The van der Waals surface area contributed by atoms with Crippen molar-refractivity contribution in [1.29, 1.82) is 0 Å². The van der Waals surface area contributed by atoms with Gasteiger partial charge in [0.25, 0.3) is 0 Å². The first-order valence-corrected chi connectivity index (χ1v) is 11.2. The lowest BCUT2D eigenvalue weighted by atomic mass is 9.98. The molecule has 1 saturated heterocycles. The molecule has 3 heterocycles. The summed E-state index contributed by atoms with van der Waals surface area (Å²) < 4.78 is 47.9. The zero-order valence-corrected chi connectivity index (χ0v) is 18.7. The maximum atomic E-state index is 13.5. The second kappa shape index (κ2) is 10.1. The molecule has 2 aromatic heterocycles. The van der Waals surface area contributed by atoms with E-state index in [1.165, 1.54) is 13.0 Å². The molecule has 1 aromatic carbocycles. The van der Waals surface area contributed by atoms with Crippen molar-refractivity contribution < 1.29 is 23.0 Å². The summed E-state index contributed by atoms with van der Waals surface area (Å²) in [7, 11) is 0. The number of halogens is 3. The predicted molar refractivity (Wildman–Crippen MR) is 121 cm³/mol. The number of pyridine rings is 1. The highest BCUT2D eigenvalue weighted by Crippen LogP contribution is 2.34. The van der Waals surface area contributed by atoms with Gasteiger partial charge in [0.2, 0.25) is 0 Å². The lowest BCUT2D eigenvalue weighted by molar-refractivity contribution is -0.138. The summed E-state index contributed by atoms with van der Waals surface area (Å²) in [5.41, 5.74) is 3.70. The highest BCUT2D eigenvalue weighted by atomic mass is 19.4. The topological polar surface area (TPSA) is 62.0 Å². The molecule has 1 fully saturated rings. The molecule has 33 heavy (non-hydrogen) atoms. The number of imidazole rings is 1. The number of ether oxygens (including phenoxy) is 1. The van der Waals surface area contributed by atoms with Crippen LogP contribution in [0.4, 0.5) is 18.9 Å². The molecule has 6 nitrogen and oxygen atoms in total. The van der Waals surface area contributed by atoms with Gasteiger partial charge >= 0.3 is 6.18 Å². The van der Waals surface area contributed by atoms with Crippen LogP contribution in [0.15, 0.2) is 36.5 Å². The number of morpholine rings is 1. The molecule has 0 amide bonds. The number of alkyl halides is 3. The van der Waals surface area contributed by atoms with Gasteiger partial charge in [-0.15, -0.1) is 0 Å². The lowest BCUT2D eigenvalue weighted by Crippen LogP contribution is -2.36. The average Bonchev–Trinajstić information content (AvgIpc) is 3.14. The van der Waals surface area contributed by atoms with E-state index < -0.39 is 11.7 Å². The summed E-state index contributed by atoms with van der Waals surface area (Å²) in [5, 5.41) is 12.3.